The van der Waals surface area contributed by atoms with Crippen LogP contribution in [-0.2, 0) is 6.61 Å². The van der Waals surface area contributed by atoms with Crippen molar-refractivity contribution < 1.29 is 9.47 Å². The van der Waals surface area contributed by atoms with Gasteiger partial charge < -0.3 is 15.2 Å². The maximum atomic E-state index is 5.74. The number of anilines is 1. The van der Waals surface area contributed by atoms with Gasteiger partial charge in [0, 0.05) is 6.20 Å². The normalized spacial score (nSPS) is 10.3. The van der Waals surface area contributed by atoms with E-state index in [4.69, 9.17) is 15.2 Å². The van der Waals surface area contributed by atoms with Crippen molar-refractivity contribution in [3.8, 4) is 11.5 Å². The van der Waals surface area contributed by atoms with Gasteiger partial charge in [-0.15, -0.1) is 0 Å². The minimum absolute atomic E-state index is 0.421. The molecule has 2 rings (SSSR count). The van der Waals surface area contributed by atoms with Gasteiger partial charge in [0.15, 0.2) is 0 Å². The Labute approximate surface area is 128 Å². The van der Waals surface area contributed by atoms with Crippen molar-refractivity contribution in [1.29, 1.82) is 0 Å². The Morgan fingerprint density at radius 2 is 1.84 bits per heavy atom. The molecule has 1 aromatic carbocycles. The van der Waals surface area contributed by atoms with E-state index in [-0.39, 0.29) is 0 Å². The molecule has 0 radical (unpaired) electrons. The number of methoxy groups -OCH3 is 1. The highest BCUT2D eigenvalue weighted by atomic mass is 79.9. The van der Waals surface area contributed by atoms with Gasteiger partial charge in [-0.05, 0) is 61.7 Å². The molecule has 0 atom stereocenters. The van der Waals surface area contributed by atoms with E-state index in [2.05, 4.69) is 36.8 Å². The number of nitrogen functional groups attached to an aromatic ring is 1. The average molecular weight is 388 g/mol. The van der Waals surface area contributed by atoms with Crippen LogP contribution in [0, 0.1) is 0 Å². The maximum absolute atomic E-state index is 5.74. The van der Waals surface area contributed by atoms with Crippen LogP contribution in [0.15, 0.2) is 39.4 Å². The first-order valence-electron chi connectivity index (χ1n) is 5.46. The van der Waals surface area contributed by atoms with Crippen molar-refractivity contribution in [3.63, 3.8) is 0 Å². The first kappa shape index (κ1) is 14.1. The predicted molar refractivity (Wildman–Crippen MR) is 81.4 cm³/mol. The SMILES string of the molecule is COc1cc(Br)c(OCc2ccnc(N)c2)cc1Br. The summed E-state index contributed by atoms with van der Waals surface area (Å²) in [5, 5.41) is 0. The van der Waals surface area contributed by atoms with Crippen LogP contribution in [0.25, 0.3) is 0 Å². The molecule has 6 heteroatoms. The van der Waals surface area contributed by atoms with E-state index in [0.717, 1.165) is 26.0 Å². The van der Waals surface area contributed by atoms with E-state index >= 15 is 0 Å². The Bertz CT molecular complexity index is 591. The summed E-state index contributed by atoms with van der Waals surface area (Å²) in [6.07, 6.45) is 1.66. The number of rotatable bonds is 4. The standard InChI is InChI=1S/C13H12Br2N2O2/c1-18-11-5-10(15)12(6-9(11)14)19-7-8-2-3-17-13(16)4-8/h2-6H,7H2,1H3,(H2,16,17). The van der Waals surface area contributed by atoms with Gasteiger partial charge in [-0.2, -0.15) is 0 Å². The topological polar surface area (TPSA) is 57.4 Å². The molecular formula is C13H12Br2N2O2. The van der Waals surface area contributed by atoms with Gasteiger partial charge >= 0.3 is 0 Å². The van der Waals surface area contributed by atoms with Gasteiger partial charge in [-0.3, -0.25) is 0 Å². The zero-order valence-electron chi connectivity index (χ0n) is 10.2. The lowest BCUT2D eigenvalue weighted by atomic mass is 10.3. The molecule has 2 aromatic rings. The van der Waals surface area contributed by atoms with Crippen LogP contribution in [-0.4, -0.2) is 12.1 Å². The Balaban J connectivity index is 2.13. The molecule has 0 aliphatic heterocycles. The summed E-state index contributed by atoms with van der Waals surface area (Å²) in [6.45, 7) is 0.421. The van der Waals surface area contributed by atoms with Crippen LogP contribution >= 0.6 is 31.9 Å². The number of hydrogen-bond donors (Lipinski definition) is 1. The minimum Gasteiger partial charge on any atom is -0.496 e. The number of aromatic nitrogens is 1. The fraction of sp³-hybridized carbons (Fsp3) is 0.154. The zero-order chi connectivity index (χ0) is 13.8. The monoisotopic (exact) mass is 386 g/mol. The van der Waals surface area contributed by atoms with E-state index in [9.17, 15) is 0 Å². The number of ether oxygens (including phenoxy) is 2. The smallest absolute Gasteiger partial charge is 0.135 e. The lowest BCUT2D eigenvalue weighted by molar-refractivity contribution is 0.303. The first-order valence-corrected chi connectivity index (χ1v) is 7.05. The summed E-state index contributed by atoms with van der Waals surface area (Å²) in [4.78, 5) is 3.94. The summed E-state index contributed by atoms with van der Waals surface area (Å²) >= 11 is 6.87. The van der Waals surface area contributed by atoms with E-state index in [1.54, 1.807) is 19.4 Å². The molecule has 1 heterocycles. The van der Waals surface area contributed by atoms with Crippen molar-refractivity contribution in [2.45, 2.75) is 6.61 Å². The predicted octanol–water partition coefficient (Wildman–Crippen LogP) is 3.78. The fourth-order valence-corrected chi connectivity index (χ4v) is 2.44. The van der Waals surface area contributed by atoms with Crippen molar-refractivity contribution in [2.24, 2.45) is 0 Å². The summed E-state index contributed by atoms with van der Waals surface area (Å²) in [7, 11) is 1.62. The largest absolute Gasteiger partial charge is 0.496 e. The van der Waals surface area contributed by atoms with Gasteiger partial charge in [0.05, 0.1) is 16.1 Å². The van der Waals surface area contributed by atoms with Gasteiger partial charge in [-0.1, -0.05) is 0 Å². The van der Waals surface area contributed by atoms with Crippen LogP contribution in [0.2, 0.25) is 0 Å². The summed E-state index contributed by atoms with van der Waals surface area (Å²) in [6, 6.07) is 7.35. The molecule has 100 valence electrons. The number of hydrogen-bond acceptors (Lipinski definition) is 4. The highest BCUT2D eigenvalue weighted by Crippen LogP contribution is 2.36. The molecule has 0 aliphatic carbocycles. The van der Waals surface area contributed by atoms with Crippen molar-refractivity contribution >= 4 is 37.7 Å². The minimum atomic E-state index is 0.421. The van der Waals surface area contributed by atoms with Gasteiger partial charge in [0.2, 0.25) is 0 Å². The highest BCUT2D eigenvalue weighted by Gasteiger charge is 2.08. The second-order valence-corrected chi connectivity index (χ2v) is 5.50. The number of benzene rings is 1. The molecule has 1 aromatic heterocycles. The molecule has 0 bridgehead atoms. The third-order valence-electron chi connectivity index (χ3n) is 2.45. The van der Waals surface area contributed by atoms with Crippen LogP contribution < -0.4 is 15.2 Å². The average Bonchev–Trinajstić information content (AvgIpc) is 2.39. The van der Waals surface area contributed by atoms with Crippen LogP contribution in [0.4, 0.5) is 5.82 Å². The summed E-state index contributed by atoms with van der Waals surface area (Å²) in [5.74, 6) is 1.95. The lowest BCUT2D eigenvalue weighted by Crippen LogP contribution is -1.99. The Kier molecular flexibility index (Phi) is 4.66. The zero-order valence-corrected chi connectivity index (χ0v) is 13.4. The first-order chi connectivity index (χ1) is 9.10. The van der Waals surface area contributed by atoms with E-state index in [1.807, 2.05) is 18.2 Å². The molecular weight excluding hydrogens is 376 g/mol. The quantitative estimate of drug-likeness (QED) is 0.867. The van der Waals surface area contributed by atoms with Crippen LogP contribution in [0.3, 0.4) is 0 Å². The second kappa shape index (κ2) is 6.25. The van der Waals surface area contributed by atoms with Gasteiger partial charge in [0.25, 0.3) is 0 Å². The lowest BCUT2D eigenvalue weighted by Gasteiger charge is -2.11. The van der Waals surface area contributed by atoms with Gasteiger partial charge in [0.1, 0.15) is 23.9 Å². The summed E-state index contributed by atoms with van der Waals surface area (Å²) in [5.41, 5.74) is 6.58. The molecule has 2 N–H and O–H groups in total. The maximum Gasteiger partial charge on any atom is 0.135 e. The molecule has 0 saturated carbocycles. The summed E-state index contributed by atoms with van der Waals surface area (Å²) < 4.78 is 12.6. The van der Waals surface area contributed by atoms with Crippen LogP contribution in [0.5, 0.6) is 11.5 Å². The highest BCUT2D eigenvalue weighted by molar-refractivity contribution is 9.11. The van der Waals surface area contributed by atoms with Gasteiger partial charge in [-0.25, -0.2) is 4.98 Å². The Morgan fingerprint density at radius 1 is 1.16 bits per heavy atom. The van der Waals surface area contributed by atoms with Crippen LogP contribution in [0.1, 0.15) is 5.56 Å². The number of pyridine rings is 1. The number of nitrogens with two attached hydrogens (primary N) is 1. The van der Waals surface area contributed by atoms with Crippen molar-refractivity contribution in [1.82, 2.24) is 4.98 Å². The van der Waals surface area contributed by atoms with E-state index in [0.29, 0.717) is 12.4 Å². The molecule has 4 nitrogen and oxygen atoms in total. The van der Waals surface area contributed by atoms with E-state index in [1.165, 1.54) is 0 Å². The van der Waals surface area contributed by atoms with Crippen molar-refractivity contribution in [2.75, 3.05) is 12.8 Å². The fourth-order valence-electron chi connectivity index (χ4n) is 1.52. The third-order valence-corrected chi connectivity index (χ3v) is 3.69. The molecule has 0 spiro atoms. The molecule has 19 heavy (non-hydrogen) atoms. The third kappa shape index (κ3) is 3.61. The number of halogens is 2. The molecule has 0 aliphatic rings. The second-order valence-electron chi connectivity index (χ2n) is 3.79. The van der Waals surface area contributed by atoms with Crippen molar-refractivity contribution in [3.05, 3.63) is 45.0 Å². The Hall–Kier alpha value is -1.27. The molecule has 0 saturated heterocycles. The molecule has 0 amide bonds. The van der Waals surface area contributed by atoms with E-state index < -0.39 is 0 Å². The molecule has 0 fully saturated rings. The Morgan fingerprint density at radius 3 is 2.53 bits per heavy atom. The molecule has 0 unspecified atom stereocenters. The number of nitrogens with zero attached hydrogens (tertiary/aromatic N) is 1.